The van der Waals surface area contributed by atoms with Gasteiger partial charge in [0, 0.05) is 41.5 Å². The highest BCUT2D eigenvalue weighted by atomic mass is 32.2. The third-order valence-corrected chi connectivity index (χ3v) is 5.38. The zero-order valence-electron chi connectivity index (χ0n) is 14.5. The van der Waals surface area contributed by atoms with Crippen LogP contribution in [0.5, 0.6) is 0 Å². The molecule has 2 heterocycles. The quantitative estimate of drug-likeness (QED) is 0.663. The van der Waals surface area contributed by atoms with Crippen molar-refractivity contribution in [1.82, 2.24) is 9.55 Å². The van der Waals surface area contributed by atoms with E-state index in [1.165, 1.54) is 24.0 Å². The van der Waals surface area contributed by atoms with Crippen molar-refractivity contribution >= 4 is 34.7 Å². The molecule has 1 aromatic heterocycles. The number of hydrogen-bond acceptors (Lipinski definition) is 5. The van der Waals surface area contributed by atoms with Crippen LogP contribution in [-0.2, 0) is 4.79 Å². The van der Waals surface area contributed by atoms with Crippen molar-refractivity contribution in [2.24, 2.45) is 0 Å². The van der Waals surface area contributed by atoms with Gasteiger partial charge in [-0.25, -0.2) is 4.98 Å². The van der Waals surface area contributed by atoms with Gasteiger partial charge in [0.15, 0.2) is 5.16 Å². The van der Waals surface area contributed by atoms with Gasteiger partial charge in [-0.05, 0) is 36.4 Å². The Balaban J connectivity index is 1.37. The maximum absolute atomic E-state index is 12.4. The van der Waals surface area contributed by atoms with Crippen molar-refractivity contribution in [1.29, 1.82) is 0 Å². The summed E-state index contributed by atoms with van der Waals surface area (Å²) >= 11 is 1.50. The summed E-state index contributed by atoms with van der Waals surface area (Å²) in [6.07, 6.45) is 1.75. The largest absolute Gasteiger partial charge is 0.356 e. The zero-order chi connectivity index (χ0) is 18.6. The van der Waals surface area contributed by atoms with Crippen molar-refractivity contribution in [3.63, 3.8) is 0 Å². The summed E-state index contributed by atoms with van der Waals surface area (Å²) in [5.41, 5.74) is 2.56. The molecule has 0 spiro atoms. The SMILES string of the molecule is O=C(C[C@H]1CSc2nccc(=O)n21)Nc1ccc(Nc2ccccc2)cc1. The molecule has 0 saturated heterocycles. The number of amides is 1. The molecule has 3 aromatic rings. The Morgan fingerprint density at radius 2 is 1.74 bits per heavy atom. The van der Waals surface area contributed by atoms with Crippen molar-refractivity contribution in [2.45, 2.75) is 17.6 Å². The topological polar surface area (TPSA) is 76.0 Å². The smallest absolute Gasteiger partial charge is 0.254 e. The second-order valence-electron chi connectivity index (χ2n) is 6.22. The molecule has 2 N–H and O–H groups in total. The molecular weight excluding hydrogens is 360 g/mol. The third kappa shape index (κ3) is 4.03. The van der Waals surface area contributed by atoms with Gasteiger partial charge in [-0.15, -0.1) is 0 Å². The molecule has 0 bridgehead atoms. The number of carbonyl (C=O) groups excluding carboxylic acids is 1. The van der Waals surface area contributed by atoms with E-state index < -0.39 is 0 Å². The van der Waals surface area contributed by atoms with Crippen LogP contribution in [0.3, 0.4) is 0 Å². The minimum Gasteiger partial charge on any atom is -0.356 e. The predicted octanol–water partition coefficient (Wildman–Crippen LogP) is 3.66. The van der Waals surface area contributed by atoms with Gasteiger partial charge in [-0.1, -0.05) is 30.0 Å². The normalized spacial score (nSPS) is 15.2. The van der Waals surface area contributed by atoms with Gasteiger partial charge in [0.1, 0.15) is 0 Å². The molecule has 0 aliphatic carbocycles. The summed E-state index contributed by atoms with van der Waals surface area (Å²) in [6, 6.07) is 18.7. The Morgan fingerprint density at radius 1 is 1.04 bits per heavy atom. The van der Waals surface area contributed by atoms with E-state index in [1.807, 2.05) is 54.6 Å². The second kappa shape index (κ2) is 7.67. The van der Waals surface area contributed by atoms with Crippen molar-refractivity contribution < 1.29 is 4.79 Å². The van der Waals surface area contributed by atoms with E-state index in [1.54, 1.807) is 4.57 Å². The highest BCUT2D eigenvalue weighted by Crippen LogP contribution is 2.31. The average Bonchev–Trinajstić information content (AvgIpc) is 3.08. The van der Waals surface area contributed by atoms with Crippen LogP contribution in [0, 0.1) is 0 Å². The number of anilines is 3. The lowest BCUT2D eigenvalue weighted by Gasteiger charge is -2.13. The Hall–Kier alpha value is -3.06. The van der Waals surface area contributed by atoms with Gasteiger partial charge < -0.3 is 10.6 Å². The van der Waals surface area contributed by atoms with Crippen LogP contribution in [0.25, 0.3) is 0 Å². The third-order valence-electron chi connectivity index (χ3n) is 4.27. The van der Waals surface area contributed by atoms with Crippen molar-refractivity contribution in [3.05, 3.63) is 77.2 Å². The number of nitrogens with zero attached hydrogens (tertiary/aromatic N) is 2. The number of rotatable bonds is 5. The van der Waals surface area contributed by atoms with Gasteiger partial charge in [0.2, 0.25) is 5.91 Å². The minimum atomic E-state index is -0.162. The molecule has 0 unspecified atom stereocenters. The first-order valence-electron chi connectivity index (χ1n) is 8.61. The average molecular weight is 378 g/mol. The molecule has 4 rings (SSSR count). The standard InChI is InChI=1S/C20H18N4O2S/c25-18(12-17-13-27-20-21-11-10-19(26)24(17)20)23-16-8-6-15(7-9-16)22-14-4-2-1-3-5-14/h1-11,17,22H,12-13H2,(H,23,25)/t17-/m0/s1. The number of carbonyl (C=O) groups is 1. The second-order valence-corrected chi connectivity index (χ2v) is 7.21. The molecule has 0 radical (unpaired) electrons. The van der Waals surface area contributed by atoms with E-state index in [0.29, 0.717) is 10.9 Å². The highest BCUT2D eigenvalue weighted by Gasteiger charge is 2.26. The zero-order valence-corrected chi connectivity index (χ0v) is 15.3. The minimum absolute atomic E-state index is 0.112. The van der Waals surface area contributed by atoms with Crippen LogP contribution in [0.4, 0.5) is 17.1 Å². The molecule has 1 amide bonds. The molecular formula is C20H18N4O2S. The Labute approximate surface area is 160 Å². The van der Waals surface area contributed by atoms with E-state index in [4.69, 9.17) is 0 Å². The molecule has 2 aromatic carbocycles. The maximum Gasteiger partial charge on any atom is 0.254 e. The van der Waals surface area contributed by atoms with E-state index >= 15 is 0 Å². The summed E-state index contributed by atoms with van der Waals surface area (Å²) in [6.45, 7) is 0. The monoisotopic (exact) mass is 378 g/mol. The van der Waals surface area contributed by atoms with Crippen LogP contribution >= 0.6 is 11.8 Å². The first kappa shape index (κ1) is 17.4. The van der Waals surface area contributed by atoms with Gasteiger partial charge in [-0.3, -0.25) is 14.2 Å². The molecule has 6 nitrogen and oxygen atoms in total. The van der Waals surface area contributed by atoms with Crippen LogP contribution in [0.1, 0.15) is 12.5 Å². The number of para-hydroxylation sites is 1. The van der Waals surface area contributed by atoms with Gasteiger partial charge in [0.05, 0.1) is 6.04 Å². The molecule has 27 heavy (non-hydrogen) atoms. The first-order chi connectivity index (χ1) is 13.2. The summed E-state index contributed by atoms with van der Waals surface area (Å²) < 4.78 is 1.61. The molecule has 136 valence electrons. The van der Waals surface area contributed by atoms with E-state index in [0.717, 1.165) is 17.1 Å². The fourth-order valence-electron chi connectivity index (χ4n) is 2.99. The summed E-state index contributed by atoms with van der Waals surface area (Å²) in [4.78, 5) is 28.6. The van der Waals surface area contributed by atoms with Gasteiger partial charge >= 0.3 is 0 Å². The highest BCUT2D eigenvalue weighted by molar-refractivity contribution is 7.99. The summed E-state index contributed by atoms with van der Waals surface area (Å²) in [5, 5.41) is 6.88. The first-order valence-corrected chi connectivity index (χ1v) is 9.60. The number of benzene rings is 2. The van der Waals surface area contributed by atoms with Crippen LogP contribution in [0.2, 0.25) is 0 Å². The lowest BCUT2D eigenvalue weighted by molar-refractivity contribution is -0.116. The molecule has 7 heteroatoms. The molecule has 1 aliphatic rings. The lowest BCUT2D eigenvalue weighted by atomic mass is 10.2. The van der Waals surface area contributed by atoms with Crippen molar-refractivity contribution in [3.8, 4) is 0 Å². The number of aromatic nitrogens is 2. The molecule has 0 fully saturated rings. The van der Waals surface area contributed by atoms with Crippen LogP contribution in [0.15, 0.2) is 76.8 Å². The Morgan fingerprint density at radius 3 is 2.52 bits per heavy atom. The summed E-state index contributed by atoms with van der Waals surface area (Å²) in [5.74, 6) is 0.563. The molecule has 1 atom stereocenters. The number of nitrogens with one attached hydrogen (secondary N) is 2. The van der Waals surface area contributed by atoms with Gasteiger partial charge in [-0.2, -0.15) is 0 Å². The van der Waals surface area contributed by atoms with Crippen molar-refractivity contribution in [2.75, 3.05) is 16.4 Å². The fraction of sp³-hybridized carbons (Fsp3) is 0.150. The molecule has 0 saturated carbocycles. The lowest BCUT2D eigenvalue weighted by Crippen LogP contribution is -2.26. The molecule has 1 aliphatic heterocycles. The predicted molar refractivity (Wildman–Crippen MR) is 108 cm³/mol. The van der Waals surface area contributed by atoms with Crippen LogP contribution in [-0.4, -0.2) is 21.2 Å². The number of fused-ring (bicyclic) bond motifs is 1. The Bertz CT molecular complexity index is 1000. The van der Waals surface area contributed by atoms with Crippen LogP contribution < -0.4 is 16.2 Å². The van der Waals surface area contributed by atoms with E-state index in [9.17, 15) is 9.59 Å². The number of thioether (sulfide) groups is 1. The van der Waals surface area contributed by atoms with E-state index in [-0.39, 0.29) is 23.9 Å². The maximum atomic E-state index is 12.4. The fourth-order valence-corrected chi connectivity index (χ4v) is 4.11. The number of hydrogen-bond donors (Lipinski definition) is 2. The summed E-state index contributed by atoms with van der Waals surface area (Å²) in [7, 11) is 0. The van der Waals surface area contributed by atoms with E-state index in [2.05, 4.69) is 15.6 Å². The van der Waals surface area contributed by atoms with Gasteiger partial charge in [0.25, 0.3) is 5.56 Å². The Kier molecular flexibility index (Phi) is 4.93.